The van der Waals surface area contributed by atoms with E-state index in [4.69, 9.17) is 0 Å². The van der Waals surface area contributed by atoms with E-state index in [-0.39, 0.29) is 11.5 Å². The maximum absolute atomic E-state index is 9.67. The lowest BCUT2D eigenvalue weighted by molar-refractivity contribution is 0.454. The number of hydrogen-bond acceptors (Lipinski definition) is 3. The molecule has 0 heterocycles. The minimum absolute atomic E-state index is 0.188. The quantitative estimate of drug-likeness (QED) is 0.724. The molecule has 0 aliphatic rings. The molecular weight excluding hydrogens is 226 g/mol. The third-order valence-corrected chi connectivity index (χ3v) is 2.99. The van der Waals surface area contributed by atoms with Gasteiger partial charge in [0.15, 0.2) is 0 Å². The Hall–Kier alpha value is -2.16. The minimum atomic E-state index is 0.188. The second kappa shape index (κ2) is 5.45. The highest BCUT2D eigenvalue weighted by atomic mass is 16.3. The van der Waals surface area contributed by atoms with Gasteiger partial charge in [0, 0.05) is 12.7 Å². The summed E-state index contributed by atoms with van der Waals surface area (Å²) in [5, 5.41) is 22.1. The molecule has 0 aliphatic heterocycles. The number of rotatable bonds is 4. The predicted molar refractivity (Wildman–Crippen MR) is 73.2 cm³/mol. The van der Waals surface area contributed by atoms with E-state index in [1.54, 1.807) is 6.07 Å². The summed E-state index contributed by atoms with van der Waals surface area (Å²) in [5.74, 6) is 0.424. The summed E-state index contributed by atoms with van der Waals surface area (Å²) in [6.45, 7) is 0. The molecule has 2 aromatic carbocycles. The van der Waals surface area contributed by atoms with Crippen molar-refractivity contribution < 1.29 is 10.2 Å². The Morgan fingerprint density at radius 3 is 2.33 bits per heavy atom. The second-order valence-corrected chi connectivity index (χ2v) is 4.26. The molecule has 0 unspecified atom stereocenters. The van der Waals surface area contributed by atoms with Crippen LogP contribution in [0, 0.1) is 0 Å². The standard InChI is InChI=1S/C15H17NO2/c1-16-13-6-3-11(4-7-13)2-5-12-10-14(17)8-9-15(12)18/h3-4,6-10,16-18H,2,5H2,1H3. The van der Waals surface area contributed by atoms with E-state index < -0.39 is 0 Å². The first-order valence-corrected chi connectivity index (χ1v) is 5.96. The third kappa shape index (κ3) is 2.94. The molecular formula is C15H17NO2. The van der Waals surface area contributed by atoms with Gasteiger partial charge in [-0.25, -0.2) is 0 Å². The van der Waals surface area contributed by atoms with Gasteiger partial charge in [-0.2, -0.15) is 0 Å². The van der Waals surface area contributed by atoms with Crippen LogP contribution in [0.15, 0.2) is 42.5 Å². The van der Waals surface area contributed by atoms with Gasteiger partial charge in [0.1, 0.15) is 11.5 Å². The van der Waals surface area contributed by atoms with Crippen LogP contribution in [-0.4, -0.2) is 17.3 Å². The van der Waals surface area contributed by atoms with Crippen molar-refractivity contribution in [3.63, 3.8) is 0 Å². The first-order chi connectivity index (χ1) is 8.69. The maximum atomic E-state index is 9.67. The van der Waals surface area contributed by atoms with E-state index >= 15 is 0 Å². The molecule has 0 spiro atoms. The summed E-state index contributed by atoms with van der Waals surface area (Å²) in [5.41, 5.74) is 3.06. The van der Waals surface area contributed by atoms with Crippen molar-refractivity contribution in [1.82, 2.24) is 0 Å². The zero-order valence-electron chi connectivity index (χ0n) is 10.4. The molecule has 0 aromatic heterocycles. The van der Waals surface area contributed by atoms with Gasteiger partial charge >= 0.3 is 0 Å². The van der Waals surface area contributed by atoms with Crippen molar-refractivity contribution in [2.45, 2.75) is 12.8 Å². The van der Waals surface area contributed by atoms with Gasteiger partial charge in [-0.1, -0.05) is 12.1 Å². The van der Waals surface area contributed by atoms with Crippen LogP contribution in [0.1, 0.15) is 11.1 Å². The Morgan fingerprint density at radius 1 is 0.944 bits per heavy atom. The van der Waals surface area contributed by atoms with E-state index in [2.05, 4.69) is 17.4 Å². The molecule has 2 rings (SSSR count). The van der Waals surface area contributed by atoms with Crippen molar-refractivity contribution >= 4 is 5.69 Å². The average molecular weight is 243 g/mol. The molecule has 0 amide bonds. The molecule has 0 saturated carbocycles. The Bertz CT molecular complexity index is 521. The lowest BCUT2D eigenvalue weighted by Crippen LogP contribution is -1.93. The first-order valence-electron chi connectivity index (χ1n) is 5.96. The van der Waals surface area contributed by atoms with Gasteiger partial charge < -0.3 is 15.5 Å². The number of phenols is 2. The van der Waals surface area contributed by atoms with E-state index in [0.29, 0.717) is 6.42 Å². The largest absolute Gasteiger partial charge is 0.508 e. The van der Waals surface area contributed by atoms with E-state index in [1.165, 1.54) is 17.7 Å². The Kier molecular flexibility index (Phi) is 3.72. The van der Waals surface area contributed by atoms with E-state index in [1.807, 2.05) is 19.2 Å². The smallest absolute Gasteiger partial charge is 0.119 e. The van der Waals surface area contributed by atoms with Crippen LogP contribution in [0.4, 0.5) is 5.69 Å². The second-order valence-electron chi connectivity index (χ2n) is 4.26. The molecule has 0 saturated heterocycles. The van der Waals surface area contributed by atoms with Crippen LogP contribution in [-0.2, 0) is 12.8 Å². The molecule has 0 fully saturated rings. The number of benzene rings is 2. The zero-order valence-corrected chi connectivity index (χ0v) is 10.4. The summed E-state index contributed by atoms with van der Waals surface area (Å²) in [6.07, 6.45) is 1.54. The molecule has 0 radical (unpaired) electrons. The SMILES string of the molecule is CNc1ccc(CCc2cc(O)ccc2O)cc1. The molecule has 2 aromatic rings. The molecule has 3 nitrogen and oxygen atoms in total. The van der Waals surface area contributed by atoms with Crippen molar-refractivity contribution in [3.8, 4) is 11.5 Å². The normalized spacial score (nSPS) is 10.3. The van der Waals surface area contributed by atoms with E-state index in [0.717, 1.165) is 17.7 Å². The molecule has 3 N–H and O–H groups in total. The number of aromatic hydroxyl groups is 2. The van der Waals surface area contributed by atoms with Crippen molar-refractivity contribution in [2.75, 3.05) is 12.4 Å². The van der Waals surface area contributed by atoms with Gasteiger partial charge in [-0.05, 0) is 54.3 Å². The topological polar surface area (TPSA) is 52.5 Å². The molecule has 3 heteroatoms. The van der Waals surface area contributed by atoms with Crippen LogP contribution >= 0.6 is 0 Å². The van der Waals surface area contributed by atoms with Gasteiger partial charge in [-0.15, -0.1) is 0 Å². The zero-order chi connectivity index (χ0) is 13.0. The van der Waals surface area contributed by atoms with Crippen LogP contribution in [0.25, 0.3) is 0 Å². The predicted octanol–water partition coefficient (Wildman–Crippen LogP) is 2.92. The molecule has 94 valence electrons. The number of nitrogens with one attached hydrogen (secondary N) is 1. The summed E-state index contributed by atoms with van der Waals surface area (Å²) >= 11 is 0. The monoisotopic (exact) mass is 243 g/mol. The highest BCUT2D eigenvalue weighted by Crippen LogP contribution is 2.23. The Balaban J connectivity index is 2.04. The number of aryl methyl sites for hydroxylation is 2. The third-order valence-electron chi connectivity index (χ3n) is 2.99. The van der Waals surface area contributed by atoms with E-state index in [9.17, 15) is 10.2 Å². The van der Waals surface area contributed by atoms with Crippen LogP contribution in [0.2, 0.25) is 0 Å². The number of phenolic OH excluding ortho intramolecular Hbond substituents is 2. The Labute approximate surface area is 107 Å². The van der Waals surface area contributed by atoms with Gasteiger partial charge in [0.2, 0.25) is 0 Å². The van der Waals surface area contributed by atoms with Gasteiger partial charge in [-0.3, -0.25) is 0 Å². The van der Waals surface area contributed by atoms with Crippen LogP contribution in [0.3, 0.4) is 0 Å². The van der Waals surface area contributed by atoms with Crippen molar-refractivity contribution in [3.05, 3.63) is 53.6 Å². The van der Waals surface area contributed by atoms with Gasteiger partial charge in [0.05, 0.1) is 0 Å². The summed E-state index contributed by atoms with van der Waals surface area (Å²) in [7, 11) is 1.89. The summed E-state index contributed by atoms with van der Waals surface area (Å²) in [6, 6.07) is 12.8. The fraction of sp³-hybridized carbons (Fsp3) is 0.200. The highest BCUT2D eigenvalue weighted by Gasteiger charge is 2.03. The molecule has 0 aliphatic carbocycles. The molecule has 0 atom stereocenters. The van der Waals surface area contributed by atoms with Crippen LogP contribution in [0.5, 0.6) is 11.5 Å². The van der Waals surface area contributed by atoms with Crippen molar-refractivity contribution in [1.29, 1.82) is 0 Å². The fourth-order valence-electron chi connectivity index (χ4n) is 1.89. The highest BCUT2D eigenvalue weighted by molar-refractivity contribution is 5.44. The fourth-order valence-corrected chi connectivity index (χ4v) is 1.89. The minimum Gasteiger partial charge on any atom is -0.508 e. The molecule has 18 heavy (non-hydrogen) atoms. The number of hydrogen-bond donors (Lipinski definition) is 3. The maximum Gasteiger partial charge on any atom is 0.119 e. The summed E-state index contributed by atoms with van der Waals surface area (Å²) < 4.78 is 0. The van der Waals surface area contributed by atoms with Gasteiger partial charge in [0.25, 0.3) is 0 Å². The van der Waals surface area contributed by atoms with Crippen molar-refractivity contribution in [2.24, 2.45) is 0 Å². The number of anilines is 1. The Morgan fingerprint density at radius 2 is 1.67 bits per heavy atom. The first kappa shape index (κ1) is 12.3. The summed E-state index contributed by atoms with van der Waals surface area (Å²) in [4.78, 5) is 0. The average Bonchev–Trinajstić information content (AvgIpc) is 2.40. The van der Waals surface area contributed by atoms with Crippen LogP contribution < -0.4 is 5.32 Å². The lowest BCUT2D eigenvalue weighted by atomic mass is 10.0. The molecule has 0 bridgehead atoms. The lowest BCUT2D eigenvalue weighted by Gasteiger charge is -2.06.